The summed E-state index contributed by atoms with van der Waals surface area (Å²) in [5, 5.41) is 1.26. The molecule has 9 heteroatoms. The van der Waals surface area contributed by atoms with Crippen LogP contribution in [0.2, 0.25) is 0 Å². The Morgan fingerprint density at radius 2 is 1.89 bits per heavy atom. The average Bonchev–Trinajstić information content (AvgIpc) is 2.92. The van der Waals surface area contributed by atoms with Gasteiger partial charge in [-0.15, -0.1) is 0 Å². The summed E-state index contributed by atoms with van der Waals surface area (Å²) in [4.78, 5) is 38.3. The number of ether oxygens (including phenoxy) is 1. The number of nitrogens with two attached hydrogens (primary N) is 1. The number of nitrogens with one attached hydrogen (secondary N) is 1. The largest absolute Gasteiger partial charge is 0.497 e. The molecule has 2 aromatic rings. The number of hydrazine groups is 1. The lowest BCUT2D eigenvalue weighted by molar-refractivity contribution is -0.125. The fraction of sp³-hybridized carbons (Fsp3) is 0.158. The van der Waals surface area contributed by atoms with E-state index in [1.165, 1.54) is 17.0 Å². The summed E-state index contributed by atoms with van der Waals surface area (Å²) in [5.41, 5.74) is 8.75. The molecule has 0 aliphatic carbocycles. The number of amides is 3. The predicted octanol–water partition coefficient (Wildman–Crippen LogP) is 1.22. The molecule has 0 spiro atoms. The molecule has 3 N–H and O–H groups in total. The Balaban J connectivity index is 1.90. The normalized spacial score (nSPS) is 16.2. The van der Waals surface area contributed by atoms with Crippen molar-refractivity contribution in [3.8, 4) is 5.75 Å². The number of rotatable bonds is 6. The Kier molecular flexibility index (Phi) is 5.55. The number of primary amides is 1. The highest BCUT2D eigenvalue weighted by atomic mass is 32.1. The molecule has 3 amide bonds. The summed E-state index contributed by atoms with van der Waals surface area (Å²) in [6.07, 6.45) is -0.291. The van der Waals surface area contributed by atoms with Gasteiger partial charge in [0, 0.05) is 5.56 Å². The highest BCUT2D eigenvalue weighted by Gasteiger charge is 2.45. The second-order valence-electron chi connectivity index (χ2n) is 6.02. The van der Waals surface area contributed by atoms with E-state index < -0.39 is 23.8 Å². The number of methoxy groups -OCH3 is 1. The summed E-state index contributed by atoms with van der Waals surface area (Å²) in [5.74, 6) is -1.12. The van der Waals surface area contributed by atoms with Gasteiger partial charge in [0.15, 0.2) is 0 Å². The van der Waals surface area contributed by atoms with Gasteiger partial charge < -0.3 is 10.5 Å². The molecule has 0 bridgehead atoms. The molecule has 1 fully saturated rings. The van der Waals surface area contributed by atoms with Crippen LogP contribution in [-0.2, 0) is 9.59 Å². The van der Waals surface area contributed by atoms with Crippen molar-refractivity contribution < 1.29 is 19.1 Å². The Morgan fingerprint density at radius 3 is 2.54 bits per heavy atom. The van der Waals surface area contributed by atoms with Crippen LogP contribution in [-0.4, -0.2) is 41.0 Å². The molecule has 144 valence electrons. The van der Waals surface area contributed by atoms with Crippen LogP contribution in [0.1, 0.15) is 16.8 Å². The molecule has 28 heavy (non-hydrogen) atoms. The molecule has 0 saturated carbocycles. The lowest BCUT2D eigenvalue weighted by Crippen LogP contribution is -2.49. The van der Waals surface area contributed by atoms with Gasteiger partial charge in [-0.1, -0.05) is 24.3 Å². The van der Waals surface area contributed by atoms with Gasteiger partial charge in [-0.05, 0) is 42.5 Å². The number of carbonyl (C=O) groups excluding carboxylic acids is 3. The van der Waals surface area contributed by atoms with Gasteiger partial charge in [0.05, 0.1) is 19.2 Å². The molecule has 1 aliphatic rings. The third kappa shape index (κ3) is 3.79. The zero-order chi connectivity index (χ0) is 20.3. The Labute approximate surface area is 166 Å². The monoisotopic (exact) mass is 398 g/mol. The van der Waals surface area contributed by atoms with Gasteiger partial charge in [0.25, 0.3) is 11.8 Å². The Morgan fingerprint density at radius 1 is 1.18 bits per heavy atom. The first-order valence-corrected chi connectivity index (χ1v) is 8.78. The molecule has 0 unspecified atom stereocenters. The first-order chi connectivity index (χ1) is 13.4. The zero-order valence-electron chi connectivity index (χ0n) is 15.0. The van der Waals surface area contributed by atoms with Crippen molar-refractivity contribution in [2.75, 3.05) is 12.0 Å². The smallest absolute Gasteiger partial charge is 0.270 e. The first kappa shape index (κ1) is 19.3. The van der Waals surface area contributed by atoms with Gasteiger partial charge >= 0.3 is 0 Å². The second kappa shape index (κ2) is 8.05. The minimum absolute atomic E-state index is 0.0543. The van der Waals surface area contributed by atoms with Crippen LogP contribution in [0, 0.1) is 0 Å². The van der Waals surface area contributed by atoms with Crippen LogP contribution in [0.15, 0.2) is 54.6 Å². The molecule has 2 aromatic carbocycles. The SMILES string of the molecule is COc1cccc(C(=O)NN2C(=S)N(c3ccccc3)C(=O)[C@@H]2CC(N)=O)c1. The first-order valence-electron chi connectivity index (χ1n) is 8.38. The highest BCUT2D eigenvalue weighted by molar-refractivity contribution is 7.80. The van der Waals surface area contributed by atoms with E-state index in [9.17, 15) is 14.4 Å². The summed E-state index contributed by atoms with van der Waals surface area (Å²) < 4.78 is 5.12. The maximum atomic E-state index is 12.9. The van der Waals surface area contributed by atoms with E-state index in [0.717, 1.165) is 0 Å². The minimum Gasteiger partial charge on any atom is -0.497 e. The van der Waals surface area contributed by atoms with Crippen LogP contribution >= 0.6 is 12.2 Å². The number of nitrogens with zero attached hydrogens (tertiary/aromatic N) is 2. The second-order valence-corrected chi connectivity index (χ2v) is 6.39. The number of carbonyl (C=O) groups is 3. The number of benzene rings is 2. The number of anilines is 1. The van der Waals surface area contributed by atoms with E-state index in [2.05, 4.69) is 5.43 Å². The number of hydrogen-bond donors (Lipinski definition) is 2. The Hall–Kier alpha value is -3.46. The van der Waals surface area contributed by atoms with E-state index in [1.54, 1.807) is 54.6 Å². The van der Waals surface area contributed by atoms with Crippen molar-refractivity contribution in [3.05, 3.63) is 60.2 Å². The topological polar surface area (TPSA) is 105 Å². The Bertz CT molecular complexity index is 935. The highest BCUT2D eigenvalue weighted by Crippen LogP contribution is 2.26. The van der Waals surface area contributed by atoms with Gasteiger partial charge in [-0.25, -0.2) is 5.01 Å². The zero-order valence-corrected chi connectivity index (χ0v) is 15.8. The maximum Gasteiger partial charge on any atom is 0.270 e. The maximum absolute atomic E-state index is 12.9. The number of thiocarbonyl (C=S) groups is 1. The molecule has 1 aliphatic heterocycles. The van der Waals surface area contributed by atoms with Crippen molar-refractivity contribution >= 4 is 40.7 Å². The van der Waals surface area contributed by atoms with E-state index in [1.807, 2.05) is 0 Å². The molecule has 1 atom stereocenters. The van der Waals surface area contributed by atoms with E-state index in [4.69, 9.17) is 22.7 Å². The molecule has 0 aromatic heterocycles. The van der Waals surface area contributed by atoms with Crippen molar-refractivity contribution in [2.24, 2.45) is 5.73 Å². The van der Waals surface area contributed by atoms with Gasteiger partial charge in [-0.2, -0.15) is 0 Å². The van der Waals surface area contributed by atoms with Crippen LogP contribution < -0.4 is 20.8 Å². The number of para-hydroxylation sites is 1. The summed E-state index contributed by atoms with van der Waals surface area (Å²) in [6, 6.07) is 14.2. The fourth-order valence-electron chi connectivity index (χ4n) is 2.84. The predicted molar refractivity (Wildman–Crippen MR) is 106 cm³/mol. The molecular formula is C19H18N4O4S. The molecule has 8 nitrogen and oxygen atoms in total. The lowest BCUT2D eigenvalue weighted by atomic mass is 10.2. The van der Waals surface area contributed by atoms with Crippen molar-refractivity contribution in [2.45, 2.75) is 12.5 Å². The third-order valence-electron chi connectivity index (χ3n) is 4.18. The van der Waals surface area contributed by atoms with Crippen molar-refractivity contribution in [1.82, 2.24) is 10.4 Å². The van der Waals surface area contributed by atoms with E-state index in [-0.39, 0.29) is 11.5 Å². The van der Waals surface area contributed by atoms with Crippen molar-refractivity contribution in [1.29, 1.82) is 0 Å². The average molecular weight is 398 g/mol. The van der Waals surface area contributed by atoms with Crippen molar-refractivity contribution in [3.63, 3.8) is 0 Å². The third-order valence-corrected chi connectivity index (χ3v) is 4.56. The number of hydrogen-bond acceptors (Lipinski definition) is 5. The molecule has 1 saturated heterocycles. The van der Waals surface area contributed by atoms with Crippen LogP contribution in [0.5, 0.6) is 5.75 Å². The minimum atomic E-state index is -1.03. The van der Waals surface area contributed by atoms with Crippen LogP contribution in [0.3, 0.4) is 0 Å². The van der Waals surface area contributed by atoms with Crippen LogP contribution in [0.4, 0.5) is 5.69 Å². The molecular weight excluding hydrogens is 380 g/mol. The molecule has 3 rings (SSSR count). The fourth-order valence-corrected chi connectivity index (χ4v) is 3.21. The van der Waals surface area contributed by atoms with Gasteiger partial charge in [0.2, 0.25) is 11.0 Å². The van der Waals surface area contributed by atoms with Gasteiger partial charge in [0.1, 0.15) is 11.8 Å². The van der Waals surface area contributed by atoms with E-state index in [0.29, 0.717) is 17.0 Å². The quantitative estimate of drug-likeness (QED) is 0.709. The standard InChI is InChI=1S/C19H18N4O4S/c1-27-14-9-5-6-12(10-14)17(25)21-23-15(11-16(20)24)18(26)22(19(23)28)13-7-3-2-4-8-13/h2-10,15H,11H2,1H3,(H2,20,24)(H,21,25)/t15-/m0/s1. The molecule has 0 radical (unpaired) electrons. The summed E-state index contributed by atoms with van der Waals surface area (Å²) >= 11 is 5.41. The van der Waals surface area contributed by atoms with E-state index >= 15 is 0 Å². The summed E-state index contributed by atoms with van der Waals surface area (Å²) in [6.45, 7) is 0. The summed E-state index contributed by atoms with van der Waals surface area (Å²) in [7, 11) is 1.49. The van der Waals surface area contributed by atoms with Crippen LogP contribution in [0.25, 0.3) is 0 Å². The molecule has 1 heterocycles. The van der Waals surface area contributed by atoms with Gasteiger partial charge in [-0.3, -0.25) is 24.7 Å². The lowest BCUT2D eigenvalue weighted by Gasteiger charge is -2.24.